The van der Waals surface area contributed by atoms with Crippen LogP contribution in [-0.2, 0) is 6.42 Å². The lowest BCUT2D eigenvalue weighted by atomic mass is 10.0. The predicted molar refractivity (Wildman–Crippen MR) is 87.9 cm³/mol. The van der Waals surface area contributed by atoms with Gasteiger partial charge in [-0.05, 0) is 43.0 Å². The van der Waals surface area contributed by atoms with Crippen LogP contribution in [0.5, 0.6) is 0 Å². The van der Waals surface area contributed by atoms with Crippen LogP contribution in [0.25, 0.3) is 0 Å². The molecule has 1 atom stereocenters. The molecule has 0 bridgehead atoms. The van der Waals surface area contributed by atoms with Crippen LogP contribution in [0.3, 0.4) is 0 Å². The Balaban J connectivity index is 1.96. The molecule has 0 aromatic heterocycles. The van der Waals surface area contributed by atoms with E-state index in [1.807, 2.05) is 11.8 Å². The number of benzene rings is 2. The Labute approximate surface area is 125 Å². The van der Waals surface area contributed by atoms with Crippen molar-refractivity contribution in [2.75, 3.05) is 5.75 Å². The Morgan fingerprint density at radius 1 is 1.00 bits per heavy atom. The first-order valence-electron chi connectivity index (χ1n) is 6.89. The molecule has 0 amide bonds. The zero-order valence-corrected chi connectivity index (χ0v) is 12.9. The van der Waals surface area contributed by atoms with E-state index in [0.717, 1.165) is 12.2 Å². The first-order chi connectivity index (χ1) is 9.70. The zero-order valence-electron chi connectivity index (χ0n) is 12.1. The third-order valence-corrected chi connectivity index (χ3v) is 4.83. The average Bonchev–Trinajstić information content (AvgIpc) is 2.47. The number of rotatable bonds is 6. The quantitative estimate of drug-likeness (QED) is 0.485. The molecular formula is C17H22N2S. The van der Waals surface area contributed by atoms with Crippen molar-refractivity contribution in [1.29, 1.82) is 0 Å². The number of nitrogens with one attached hydrogen (secondary N) is 1. The molecular weight excluding hydrogens is 264 g/mol. The smallest absolute Gasteiger partial charge is 0.0345 e. The Kier molecular flexibility index (Phi) is 5.65. The summed E-state index contributed by atoms with van der Waals surface area (Å²) in [6, 6.07) is 17.2. The fraction of sp³-hybridized carbons (Fsp3) is 0.294. The highest BCUT2D eigenvalue weighted by Crippen LogP contribution is 2.23. The molecule has 2 aromatic carbocycles. The van der Waals surface area contributed by atoms with Crippen molar-refractivity contribution in [3.63, 3.8) is 0 Å². The van der Waals surface area contributed by atoms with Crippen molar-refractivity contribution in [2.45, 2.75) is 31.2 Å². The topological polar surface area (TPSA) is 38.0 Å². The van der Waals surface area contributed by atoms with E-state index in [0.29, 0.717) is 0 Å². The third kappa shape index (κ3) is 4.10. The summed E-state index contributed by atoms with van der Waals surface area (Å²) >= 11 is 1.86. The molecule has 2 aromatic rings. The maximum atomic E-state index is 5.71. The molecule has 106 valence electrons. The second-order valence-electron chi connectivity index (χ2n) is 5.07. The molecule has 20 heavy (non-hydrogen) atoms. The van der Waals surface area contributed by atoms with Crippen LogP contribution in [0.2, 0.25) is 0 Å². The summed E-state index contributed by atoms with van der Waals surface area (Å²) in [5.74, 6) is 6.68. The number of thioether (sulfide) groups is 1. The minimum absolute atomic E-state index is 0.278. The van der Waals surface area contributed by atoms with E-state index < -0.39 is 0 Å². The molecule has 2 nitrogen and oxygen atoms in total. The number of hydrogen-bond acceptors (Lipinski definition) is 3. The first-order valence-corrected chi connectivity index (χ1v) is 7.88. The molecule has 0 aliphatic carbocycles. The van der Waals surface area contributed by atoms with Gasteiger partial charge in [-0.15, -0.1) is 11.8 Å². The zero-order chi connectivity index (χ0) is 14.4. The second-order valence-corrected chi connectivity index (χ2v) is 6.13. The van der Waals surface area contributed by atoms with Gasteiger partial charge in [-0.2, -0.15) is 0 Å². The monoisotopic (exact) mass is 286 g/mol. The van der Waals surface area contributed by atoms with E-state index in [-0.39, 0.29) is 6.04 Å². The van der Waals surface area contributed by atoms with E-state index in [4.69, 9.17) is 5.84 Å². The van der Waals surface area contributed by atoms with Crippen molar-refractivity contribution in [3.05, 3.63) is 65.2 Å². The minimum atomic E-state index is 0.278. The van der Waals surface area contributed by atoms with Crippen LogP contribution in [0, 0.1) is 13.8 Å². The summed E-state index contributed by atoms with van der Waals surface area (Å²) in [5, 5.41) is 0. The van der Waals surface area contributed by atoms with E-state index in [1.165, 1.54) is 21.6 Å². The number of aryl methyl sites for hydroxylation is 2. The molecule has 2 rings (SSSR count). The maximum Gasteiger partial charge on any atom is 0.0345 e. The fourth-order valence-corrected chi connectivity index (χ4v) is 3.24. The van der Waals surface area contributed by atoms with E-state index >= 15 is 0 Å². The molecule has 0 saturated heterocycles. The highest BCUT2D eigenvalue weighted by molar-refractivity contribution is 7.99. The van der Waals surface area contributed by atoms with Crippen LogP contribution < -0.4 is 11.3 Å². The molecule has 0 aliphatic rings. The maximum absolute atomic E-state index is 5.71. The largest absolute Gasteiger partial charge is 0.271 e. The molecule has 0 saturated carbocycles. The van der Waals surface area contributed by atoms with Crippen molar-refractivity contribution >= 4 is 11.8 Å². The normalized spacial score (nSPS) is 12.3. The van der Waals surface area contributed by atoms with Crippen molar-refractivity contribution in [1.82, 2.24) is 5.43 Å². The summed E-state index contributed by atoms with van der Waals surface area (Å²) in [6.45, 7) is 4.30. The van der Waals surface area contributed by atoms with Crippen molar-refractivity contribution < 1.29 is 0 Å². The number of hydrazine groups is 1. The van der Waals surface area contributed by atoms with Gasteiger partial charge in [0.05, 0.1) is 0 Å². The fourth-order valence-electron chi connectivity index (χ4n) is 2.18. The van der Waals surface area contributed by atoms with E-state index in [2.05, 4.69) is 67.8 Å². The Morgan fingerprint density at radius 2 is 1.65 bits per heavy atom. The summed E-state index contributed by atoms with van der Waals surface area (Å²) in [6.07, 6.45) is 0.960. The Morgan fingerprint density at radius 3 is 2.30 bits per heavy atom. The van der Waals surface area contributed by atoms with E-state index in [1.54, 1.807) is 0 Å². The van der Waals surface area contributed by atoms with Gasteiger partial charge in [0, 0.05) is 16.7 Å². The molecule has 3 N–H and O–H groups in total. The molecule has 3 heteroatoms. The van der Waals surface area contributed by atoms with Gasteiger partial charge in [-0.1, -0.05) is 42.5 Å². The molecule has 0 fully saturated rings. The van der Waals surface area contributed by atoms with Crippen molar-refractivity contribution in [2.24, 2.45) is 5.84 Å². The van der Waals surface area contributed by atoms with Gasteiger partial charge in [0.2, 0.25) is 0 Å². The lowest BCUT2D eigenvalue weighted by Gasteiger charge is -2.17. The second kappa shape index (κ2) is 7.48. The van der Waals surface area contributed by atoms with Gasteiger partial charge < -0.3 is 0 Å². The predicted octanol–water partition coefficient (Wildman–Crippen LogP) is 3.47. The van der Waals surface area contributed by atoms with Gasteiger partial charge in [-0.25, -0.2) is 0 Å². The molecule has 0 spiro atoms. The van der Waals surface area contributed by atoms with Gasteiger partial charge >= 0.3 is 0 Å². The summed E-state index contributed by atoms with van der Waals surface area (Å²) in [4.78, 5) is 1.33. The molecule has 0 aliphatic heterocycles. The van der Waals surface area contributed by atoms with Crippen LogP contribution in [0.4, 0.5) is 0 Å². The minimum Gasteiger partial charge on any atom is -0.271 e. The van der Waals surface area contributed by atoms with Gasteiger partial charge in [0.15, 0.2) is 0 Å². The molecule has 0 heterocycles. The van der Waals surface area contributed by atoms with Crippen molar-refractivity contribution in [3.8, 4) is 0 Å². The van der Waals surface area contributed by atoms with Crippen LogP contribution in [0.1, 0.15) is 16.7 Å². The molecule has 1 unspecified atom stereocenters. The lowest BCUT2D eigenvalue weighted by molar-refractivity contribution is 0.574. The number of hydrogen-bond donors (Lipinski definition) is 2. The SMILES string of the molecule is Cc1ccccc1CC(CSc1ccccc1C)NN. The average molecular weight is 286 g/mol. The van der Waals surface area contributed by atoms with Gasteiger partial charge in [0.1, 0.15) is 0 Å². The summed E-state index contributed by atoms with van der Waals surface area (Å²) < 4.78 is 0. The first kappa shape index (κ1) is 15.1. The van der Waals surface area contributed by atoms with Gasteiger partial charge in [-0.3, -0.25) is 11.3 Å². The highest BCUT2D eigenvalue weighted by Gasteiger charge is 2.10. The lowest BCUT2D eigenvalue weighted by Crippen LogP contribution is -2.38. The highest BCUT2D eigenvalue weighted by atomic mass is 32.2. The Hall–Kier alpha value is -1.29. The molecule has 0 radical (unpaired) electrons. The number of nitrogens with two attached hydrogens (primary N) is 1. The van der Waals surface area contributed by atoms with E-state index in [9.17, 15) is 0 Å². The summed E-state index contributed by atoms with van der Waals surface area (Å²) in [5.41, 5.74) is 6.96. The van der Waals surface area contributed by atoms with Crippen LogP contribution in [-0.4, -0.2) is 11.8 Å². The van der Waals surface area contributed by atoms with Gasteiger partial charge in [0.25, 0.3) is 0 Å². The standard InChI is InChI=1S/C17H22N2S/c1-13-7-3-5-9-15(13)11-16(19-18)12-20-17-10-6-4-8-14(17)2/h3-10,16,19H,11-12,18H2,1-2H3. The van der Waals surface area contributed by atoms with Crippen LogP contribution in [0.15, 0.2) is 53.4 Å². The van der Waals surface area contributed by atoms with Crippen LogP contribution >= 0.6 is 11.8 Å². The summed E-state index contributed by atoms with van der Waals surface area (Å²) in [7, 11) is 0. The Bertz CT molecular complexity index is 554. The third-order valence-electron chi connectivity index (χ3n) is 3.50.